The highest BCUT2D eigenvalue weighted by atomic mass is 16.5. The number of ether oxygens (including phenoxy) is 6. The molecule has 96 heavy (non-hydrogen) atoms. The maximum Gasteiger partial charge on any atom is 0.253 e. The van der Waals surface area contributed by atoms with E-state index in [2.05, 4.69) is 249 Å². The lowest BCUT2D eigenvalue weighted by Gasteiger charge is -2.21. The van der Waals surface area contributed by atoms with Crippen molar-refractivity contribution in [2.75, 3.05) is 39.6 Å². The van der Waals surface area contributed by atoms with Crippen molar-refractivity contribution in [1.82, 2.24) is 27.4 Å². The predicted octanol–water partition coefficient (Wildman–Crippen LogP) is 12.2. The molecule has 0 saturated heterocycles. The SMILES string of the molecule is Cc1n(CCCCCOc2cc3c4cc(OCCCCCn5cc[n+](C)c5C)c(OCCCCCn5cc[n+](C)c5C)cc4c4cc(OCCCCCn5cc[n+](C)c5C)c(OCCCCCn5cc[n+](C)c5C)cc4c3cc2OCCCCCn2cc[n+](C)c2C)cc[n+]1C. The lowest BCUT2D eigenvalue weighted by atomic mass is 9.93. The minimum Gasteiger partial charge on any atom is -0.490 e. The number of benzene rings is 4. The third-order valence-corrected chi connectivity index (χ3v) is 20.3. The fraction of sp³-hybridized carbons (Fsp3) is 0.538. The second-order valence-electron chi connectivity index (χ2n) is 26.9. The second kappa shape index (κ2) is 34.6. The van der Waals surface area contributed by atoms with Crippen molar-refractivity contribution in [3.63, 3.8) is 0 Å². The van der Waals surface area contributed by atoms with Crippen LogP contribution in [0.25, 0.3) is 32.3 Å². The maximum atomic E-state index is 6.97. The zero-order valence-electron chi connectivity index (χ0n) is 60.4. The first-order valence-electron chi connectivity index (χ1n) is 36.0. The van der Waals surface area contributed by atoms with E-state index in [1.807, 2.05) is 0 Å². The molecule has 0 fully saturated rings. The molecule has 0 aliphatic rings. The van der Waals surface area contributed by atoms with E-state index in [-0.39, 0.29) is 0 Å². The van der Waals surface area contributed by atoms with Gasteiger partial charge in [-0.05, 0) is 184 Å². The van der Waals surface area contributed by atoms with E-state index in [4.69, 9.17) is 28.4 Å². The van der Waals surface area contributed by atoms with Crippen molar-refractivity contribution in [2.45, 2.75) is 196 Å². The molecular weight excluding hydrogens is 1200 g/mol. The summed E-state index contributed by atoms with van der Waals surface area (Å²) in [5.41, 5.74) is 0. The van der Waals surface area contributed by atoms with Gasteiger partial charge in [0.1, 0.15) is 74.4 Å². The van der Waals surface area contributed by atoms with Crippen LogP contribution in [0.2, 0.25) is 0 Å². The van der Waals surface area contributed by atoms with Gasteiger partial charge in [0.25, 0.3) is 34.9 Å². The summed E-state index contributed by atoms with van der Waals surface area (Å²) in [5, 5.41) is 6.37. The quantitative estimate of drug-likeness (QED) is 0.0214. The highest BCUT2D eigenvalue weighted by Gasteiger charge is 2.23. The smallest absolute Gasteiger partial charge is 0.253 e. The highest BCUT2D eigenvalue weighted by Crippen LogP contribution is 2.47. The predicted molar refractivity (Wildman–Crippen MR) is 377 cm³/mol. The molecule has 0 atom stereocenters. The van der Waals surface area contributed by atoms with Crippen LogP contribution in [0.1, 0.15) is 151 Å². The standard InChI is InChI=1S/C78H114N12O6/c1-61-79(7)37-43-85(61)31-19-13-25-49-91-73-55-67-68(56-74(73)92-50-26-14-20-32-86-44-38-80(8)62(86)2)70-58-76(94-52-28-16-22-34-88-46-40-82(10)64(88)4)78(96-54-30-18-24-36-90-48-42-84(12)66(90)6)60-72(70)71-59-77(95-53-29-17-23-35-89-47-41-83(11)65(89)5)75(57-69(67)71)93-51-27-15-21-33-87-45-39-81(9)63(87)3/h37-48,55-60H,13-36,49-54H2,1-12H3/q+6. The van der Waals surface area contributed by atoms with Crippen LogP contribution in [0.3, 0.4) is 0 Å². The van der Waals surface area contributed by atoms with Gasteiger partial charge in [-0.1, -0.05) is 0 Å². The Kier molecular flexibility index (Phi) is 25.4. The molecule has 0 unspecified atom stereocenters. The van der Waals surface area contributed by atoms with Crippen molar-refractivity contribution in [1.29, 1.82) is 0 Å². The van der Waals surface area contributed by atoms with Gasteiger partial charge in [-0.15, -0.1) is 0 Å². The van der Waals surface area contributed by atoms with E-state index in [1.54, 1.807) is 0 Å². The van der Waals surface area contributed by atoms with Crippen LogP contribution in [-0.2, 0) is 81.6 Å². The largest absolute Gasteiger partial charge is 0.490 e. The number of rotatable bonds is 42. The fourth-order valence-corrected chi connectivity index (χ4v) is 13.2. The zero-order chi connectivity index (χ0) is 67.5. The van der Waals surface area contributed by atoms with Crippen molar-refractivity contribution in [2.24, 2.45) is 42.3 Å². The number of hydrogen-bond donors (Lipinski definition) is 0. The van der Waals surface area contributed by atoms with Gasteiger partial charge in [-0.2, -0.15) is 0 Å². The summed E-state index contributed by atoms with van der Waals surface area (Å²) in [4.78, 5) is 0. The number of nitrogens with zero attached hydrogens (tertiary/aromatic N) is 12. The van der Waals surface area contributed by atoms with Crippen LogP contribution in [0, 0.1) is 41.5 Å². The van der Waals surface area contributed by atoms with Crippen molar-refractivity contribution in [3.8, 4) is 34.5 Å². The summed E-state index contributed by atoms with van der Waals surface area (Å²) in [6.45, 7) is 22.4. The Labute approximate surface area is 571 Å². The molecule has 0 saturated carbocycles. The number of fused-ring (bicyclic) bond motifs is 6. The van der Waals surface area contributed by atoms with Crippen molar-refractivity contribution >= 4 is 32.3 Å². The van der Waals surface area contributed by atoms with E-state index in [9.17, 15) is 0 Å². The molecule has 18 nitrogen and oxygen atoms in total. The molecule has 10 rings (SSSR count). The van der Waals surface area contributed by atoms with Crippen LogP contribution in [0.5, 0.6) is 34.5 Å². The molecule has 4 aromatic carbocycles. The molecule has 0 spiro atoms. The van der Waals surface area contributed by atoms with Crippen LogP contribution >= 0.6 is 0 Å². The molecule has 6 aromatic heterocycles. The molecule has 0 N–H and O–H groups in total. The lowest BCUT2D eigenvalue weighted by Crippen LogP contribution is -2.29. The number of unbranched alkanes of at least 4 members (excludes halogenated alkanes) is 12. The normalized spacial score (nSPS) is 11.8. The van der Waals surface area contributed by atoms with Gasteiger partial charge in [0, 0.05) is 41.5 Å². The minimum absolute atomic E-state index is 0.574. The summed E-state index contributed by atoms with van der Waals surface area (Å²) in [5.74, 6) is 12.1. The third-order valence-electron chi connectivity index (χ3n) is 20.3. The maximum absolute atomic E-state index is 6.97. The molecule has 0 radical (unpaired) electrons. The van der Waals surface area contributed by atoms with Gasteiger partial charge >= 0.3 is 0 Å². The van der Waals surface area contributed by atoms with Gasteiger partial charge in [0.05, 0.1) is 121 Å². The van der Waals surface area contributed by atoms with Crippen molar-refractivity contribution in [3.05, 3.63) is 146 Å². The molecular formula is C78H114N12O6+6. The fourth-order valence-electron chi connectivity index (χ4n) is 13.2. The average Bonchev–Trinajstić information content (AvgIpc) is 1.000. The van der Waals surface area contributed by atoms with E-state index >= 15 is 0 Å². The summed E-state index contributed by atoms with van der Waals surface area (Å²) in [6.07, 6.45) is 44.1. The Hall–Kier alpha value is -8.28. The van der Waals surface area contributed by atoms with Crippen molar-refractivity contribution < 1.29 is 55.8 Å². The molecule has 516 valence electrons. The van der Waals surface area contributed by atoms with Gasteiger partial charge in [-0.3, -0.25) is 0 Å². The Bertz CT molecular complexity index is 3420. The Morgan fingerprint density at radius 3 is 0.490 bits per heavy atom. The van der Waals surface area contributed by atoms with Gasteiger partial charge in [-0.25, -0.2) is 54.8 Å². The van der Waals surface area contributed by atoms with E-state index in [0.29, 0.717) is 39.6 Å². The number of imidazole rings is 6. The Morgan fingerprint density at radius 1 is 0.219 bits per heavy atom. The summed E-state index contributed by atoms with van der Waals surface area (Å²) < 4.78 is 68.9. The van der Waals surface area contributed by atoms with E-state index in [1.165, 1.54) is 34.9 Å². The molecule has 10 aromatic rings. The van der Waals surface area contributed by atoms with Gasteiger partial charge < -0.3 is 28.4 Å². The molecule has 0 aliphatic heterocycles. The third kappa shape index (κ3) is 18.2. The number of aryl methyl sites for hydroxylation is 12. The molecule has 6 heterocycles. The van der Waals surface area contributed by atoms with Crippen LogP contribution in [0.4, 0.5) is 0 Å². The highest BCUT2D eigenvalue weighted by molar-refractivity contribution is 6.27. The zero-order valence-corrected chi connectivity index (χ0v) is 60.4. The number of hydrogen-bond acceptors (Lipinski definition) is 6. The van der Waals surface area contributed by atoms with Crippen LogP contribution in [-0.4, -0.2) is 67.0 Å². The molecule has 0 amide bonds. The van der Waals surface area contributed by atoms with E-state index in [0.717, 1.165) is 222 Å². The molecule has 0 bridgehead atoms. The molecule has 18 heteroatoms. The first-order chi connectivity index (χ1) is 46.6. The monoisotopic (exact) mass is 1310 g/mol. The Balaban J connectivity index is 0.999. The number of aromatic nitrogens is 12. The second-order valence-corrected chi connectivity index (χ2v) is 26.9. The molecule has 0 aliphatic carbocycles. The lowest BCUT2D eigenvalue weighted by molar-refractivity contribution is -0.677. The van der Waals surface area contributed by atoms with Gasteiger partial charge in [0.15, 0.2) is 34.5 Å². The summed E-state index contributed by atoms with van der Waals surface area (Å²) >= 11 is 0. The van der Waals surface area contributed by atoms with Crippen LogP contribution in [0.15, 0.2) is 111 Å². The average molecular weight is 1320 g/mol. The first-order valence-corrected chi connectivity index (χ1v) is 36.0. The summed E-state index contributed by atoms with van der Waals surface area (Å²) in [7, 11) is 12.6. The van der Waals surface area contributed by atoms with E-state index < -0.39 is 0 Å². The van der Waals surface area contributed by atoms with Crippen LogP contribution < -0.4 is 55.8 Å². The first kappa shape index (κ1) is 70.5. The summed E-state index contributed by atoms with van der Waals surface area (Å²) in [6, 6.07) is 13.5. The topological polar surface area (TPSA) is 108 Å². The van der Waals surface area contributed by atoms with Gasteiger partial charge in [0.2, 0.25) is 0 Å². The minimum atomic E-state index is 0.574. The Morgan fingerprint density at radius 2 is 0.365 bits per heavy atom.